The van der Waals surface area contributed by atoms with Gasteiger partial charge in [0.05, 0.1) is 6.54 Å². The molecule has 1 heterocycles. The van der Waals surface area contributed by atoms with E-state index in [1.54, 1.807) is 0 Å². The molecule has 0 aliphatic heterocycles. The predicted molar refractivity (Wildman–Crippen MR) is 54.5 cm³/mol. The lowest BCUT2D eigenvalue weighted by Crippen LogP contribution is -2.56. The Morgan fingerprint density at radius 1 is 1.60 bits per heavy atom. The van der Waals surface area contributed by atoms with Crippen molar-refractivity contribution >= 4 is 5.97 Å². The molecule has 0 amide bonds. The minimum Gasteiger partial charge on any atom is -0.480 e. The van der Waals surface area contributed by atoms with Gasteiger partial charge >= 0.3 is 5.97 Å². The summed E-state index contributed by atoms with van der Waals surface area (Å²) in [6, 6.07) is 3.75. The standard InChI is InChI=1S/C11H15NO3/c1-8-3-4-9(15-8)7-12-11(10(13)14)5-2-6-11/h3-4,12H,2,5-7H2,1H3,(H,13,14). The fraction of sp³-hybridized carbons (Fsp3) is 0.545. The zero-order valence-electron chi connectivity index (χ0n) is 8.75. The van der Waals surface area contributed by atoms with Crippen LogP contribution in [0.15, 0.2) is 16.5 Å². The van der Waals surface area contributed by atoms with Gasteiger partial charge in [0, 0.05) is 0 Å². The van der Waals surface area contributed by atoms with Crippen LogP contribution in [0.3, 0.4) is 0 Å². The number of rotatable bonds is 4. The molecule has 2 N–H and O–H groups in total. The molecule has 0 saturated heterocycles. The maximum Gasteiger partial charge on any atom is 0.323 e. The molecule has 0 unspecified atom stereocenters. The molecule has 1 aromatic rings. The van der Waals surface area contributed by atoms with Gasteiger partial charge in [0.25, 0.3) is 0 Å². The van der Waals surface area contributed by atoms with Crippen LogP contribution in [0.25, 0.3) is 0 Å². The molecular formula is C11H15NO3. The third kappa shape index (κ3) is 1.90. The maximum atomic E-state index is 11.0. The van der Waals surface area contributed by atoms with E-state index in [0.29, 0.717) is 19.4 Å². The number of carboxylic acids is 1. The number of carbonyl (C=O) groups is 1. The van der Waals surface area contributed by atoms with Gasteiger partial charge in [0.1, 0.15) is 17.1 Å². The molecule has 4 nitrogen and oxygen atoms in total. The fourth-order valence-corrected chi connectivity index (χ4v) is 1.83. The highest BCUT2D eigenvalue weighted by Gasteiger charge is 2.43. The zero-order valence-corrected chi connectivity index (χ0v) is 8.75. The molecule has 1 fully saturated rings. The quantitative estimate of drug-likeness (QED) is 0.792. The lowest BCUT2D eigenvalue weighted by Gasteiger charge is -2.38. The third-order valence-corrected chi connectivity index (χ3v) is 3.01. The summed E-state index contributed by atoms with van der Waals surface area (Å²) in [5.41, 5.74) is -0.708. The van der Waals surface area contributed by atoms with Crippen LogP contribution in [0.5, 0.6) is 0 Å². The molecule has 4 heteroatoms. The Labute approximate surface area is 88.3 Å². The van der Waals surface area contributed by atoms with Gasteiger partial charge in [-0.3, -0.25) is 10.1 Å². The fourth-order valence-electron chi connectivity index (χ4n) is 1.83. The molecule has 1 saturated carbocycles. The second-order valence-electron chi connectivity index (χ2n) is 4.11. The van der Waals surface area contributed by atoms with Gasteiger partial charge in [-0.05, 0) is 38.3 Å². The number of carboxylic acid groups (broad SMARTS) is 1. The van der Waals surface area contributed by atoms with Crippen molar-refractivity contribution in [1.82, 2.24) is 5.32 Å². The van der Waals surface area contributed by atoms with Gasteiger partial charge in [-0.2, -0.15) is 0 Å². The lowest BCUT2D eigenvalue weighted by atomic mass is 9.77. The minimum atomic E-state index is -0.753. The summed E-state index contributed by atoms with van der Waals surface area (Å²) in [5.74, 6) is 0.891. The van der Waals surface area contributed by atoms with Crippen LogP contribution in [0, 0.1) is 6.92 Å². The summed E-state index contributed by atoms with van der Waals surface area (Å²) in [4.78, 5) is 11.0. The van der Waals surface area contributed by atoms with Crippen molar-refractivity contribution in [3.05, 3.63) is 23.7 Å². The van der Waals surface area contributed by atoms with Crippen LogP contribution in [-0.2, 0) is 11.3 Å². The lowest BCUT2D eigenvalue weighted by molar-refractivity contribution is -0.148. The molecule has 15 heavy (non-hydrogen) atoms. The summed E-state index contributed by atoms with van der Waals surface area (Å²) in [6.07, 6.45) is 2.40. The van der Waals surface area contributed by atoms with Crippen molar-refractivity contribution in [2.75, 3.05) is 0 Å². The molecule has 0 spiro atoms. The van der Waals surface area contributed by atoms with Crippen molar-refractivity contribution in [2.24, 2.45) is 0 Å². The van der Waals surface area contributed by atoms with Crippen LogP contribution in [0.1, 0.15) is 30.8 Å². The largest absolute Gasteiger partial charge is 0.480 e. The molecule has 1 aliphatic rings. The SMILES string of the molecule is Cc1ccc(CNC2(C(=O)O)CCC2)o1. The molecule has 1 aromatic heterocycles. The summed E-state index contributed by atoms with van der Waals surface area (Å²) in [6.45, 7) is 2.36. The van der Waals surface area contributed by atoms with Crippen LogP contribution < -0.4 is 5.32 Å². The Bertz CT molecular complexity index is 366. The number of furan rings is 1. The average Bonchev–Trinajstić information content (AvgIpc) is 2.49. The first-order valence-electron chi connectivity index (χ1n) is 5.16. The molecular weight excluding hydrogens is 194 g/mol. The molecule has 0 radical (unpaired) electrons. The highest BCUT2D eigenvalue weighted by molar-refractivity contribution is 5.79. The Kier molecular flexibility index (Phi) is 2.52. The van der Waals surface area contributed by atoms with E-state index in [4.69, 9.17) is 9.52 Å². The number of nitrogens with one attached hydrogen (secondary N) is 1. The molecule has 0 bridgehead atoms. The molecule has 82 valence electrons. The van der Waals surface area contributed by atoms with E-state index >= 15 is 0 Å². The summed E-state index contributed by atoms with van der Waals surface area (Å²) in [7, 11) is 0. The van der Waals surface area contributed by atoms with Crippen molar-refractivity contribution in [3.63, 3.8) is 0 Å². The molecule has 0 aromatic carbocycles. The van der Waals surface area contributed by atoms with Crippen molar-refractivity contribution in [2.45, 2.75) is 38.3 Å². The van der Waals surface area contributed by atoms with Crippen molar-refractivity contribution in [1.29, 1.82) is 0 Å². The van der Waals surface area contributed by atoms with Crippen LogP contribution in [0.4, 0.5) is 0 Å². The van der Waals surface area contributed by atoms with Crippen LogP contribution in [-0.4, -0.2) is 16.6 Å². The van der Waals surface area contributed by atoms with Crippen LogP contribution in [0.2, 0.25) is 0 Å². The van der Waals surface area contributed by atoms with Gasteiger partial charge in [-0.15, -0.1) is 0 Å². The first-order valence-corrected chi connectivity index (χ1v) is 5.16. The normalized spacial score (nSPS) is 18.5. The van der Waals surface area contributed by atoms with E-state index in [1.807, 2.05) is 19.1 Å². The van der Waals surface area contributed by atoms with E-state index in [2.05, 4.69) is 5.32 Å². The van der Waals surface area contributed by atoms with E-state index in [1.165, 1.54) is 0 Å². The maximum absolute atomic E-state index is 11.0. The van der Waals surface area contributed by atoms with E-state index in [9.17, 15) is 4.79 Å². The Hall–Kier alpha value is -1.29. The third-order valence-electron chi connectivity index (χ3n) is 3.01. The topological polar surface area (TPSA) is 62.5 Å². The van der Waals surface area contributed by atoms with Gasteiger partial charge in [-0.1, -0.05) is 0 Å². The number of aryl methyl sites for hydroxylation is 1. The van der Waals surface area contributed by atoms with Gasteiger partial charge in [0.15, 0.2) is 0 Å². The first kappa shape index (κ1) is 10.2. The van der Waals surface area contributed by atoms with Crippen molar-refractivity contribution < 1.29 is 14.3 Å². The van der Waals surface area contributed by atoms with E-state index < -0.39 is 11.5 Å². The van der Waals surface area contributed by atoms with Gasteiger partial charge in [0.2, 0.25) is 0 Å². The van der Waals surface area contributed by atoms with Gasteiger partial charge < -0.3 is 9.52 Å². The summed E-state index contributed by atoms with van der Waals surface area (Å²) >= 11 is 0. The average molecular weight is 209 g/mol. The number of hydrogen-bond donors (Lipinski definition) is 2. The monoisotopic (exact) mass is 209 g/mol. The van der Waals surface area contributed by atoms with E-state index in [0.717, 1.165) is 17.9 Å². The summed E-state index contributed by atoms with van der Waals surface area (Å²) in [5, 5.41) is 12.1. The smallest absolute Gasteiger partial charge is 0.323 e. The second-order valence-corrected chi connectivity index (χ2v) is 4.11. The van der Waals surface area contributed by atoms with Crippen molar-refractivity contribution in [3.8, 4) is 0 Å². The first-order chi connectivity index (χ1) is 7.12. The van der Waals surface area contributed by atoms with Crippen LogP contribution >= 0.6 is 0 Å². The molecule has 0 atom stereocenters. The Balaban J connectivity index is 1.95. The highest BCUT2D eigenvalue weighted by Crippen LogP contribution is 2.32. The highest BCUT2D eigenvalue weighted by atomic mass is 16.4. The summed E-state index contributed by atoms with van der Waals surface area (Å²) < 4.78 is 5.37. The minimum absolute atomic E-state index is 0.486. The van der Waals surface area contributed by atoms with E-state index in [-0.39, 0.29) is 0 Å². The predicted octanol–water partition coefficient (Wildman–Crippen LogP) is 1.68. The van der Waals surface area contributed by atoms with Gasteiger partial charge in [-0.25, -0.2) is 0 Å². The number of aliphatic carboxylic acids is 1. The number of hydrogen-bond acceptors (Lipinski definition) is 3. The second kappa shape index (κ2) is 3.70. The Morgan fingerprint density at radius 3 is 2.73 bits per heavy atom. The molecule has 1 aliphatic carbocycles. The molecule has 2 rings (SSSR count). The Morgan fingerprint density at radius 2 is 2.33 bits per heavy atom. The zero-order chi connectivity index (χ0) is 10.9.